The van der Waals surface area contributed by atoms with Gasteiger partial charge in [-0.2, -0.15) is 0 Å². The normalized spacial score (nSPS) is 16.4. The van der Waals surface area contributed by atoms with Crippen molar-refractivity contribution in [3.63, 3.8) is 0 Å². The van der Waals surface area contributed by atoms with Crippen molar-refractivity contribution >= 4 is 23.0 Å². The molecule has 0 atom stereocenters. The van der Waals surface area contributed by atoms with Crippen LogP contribution in [-0.4, -0.2) is 38.9 Å². The van der Waals surface area contributed by atoms with Gasteiger partial charge in [0.15, 0.2) is 0 Å². The number of nitrogen functional groups attached to an aromatic ring is 1. The number of nitrogens with zero attached hydrogens (tertiary/aromatic N) is 2. The molecule has 2 aromatic rings. The van der Waals surface area contributed by atoms with Crippen molar-refractivity contribution in [2.75, 3.05) is 42.4 Å². The van der Waals surface area contributed by atoms with Crippen LogP contribution in [0.2, 0.25) is 0 Å². The maximum atomic E-state index is 12.4. The fourth-order valence-electron chi connectivity index (χ4n) is 4.82. The monoisotopic (exact) mass is 409 g/mol. The van der Waals surface area contributed by atoms with Crippen LogP contribution in [0.25, 0.3) is 0 Å². The maximum Gasteiger partial charge on any atom is 0.338 e. The summed E-state index contributed by atoms with van der Waals surface area (Å²) in [6, 6.07) is 10.5. The molecule has 2 N–H and O–H groups in total. The maximum absolute atomic E-state index is 12.4. The van der Waals surface area contributed by atoms with Gasteiger partial charge in [0.05, 0.1) is 24.0 Å². The number of esters is 1. The minimum absolute atomic E-state index is 0.291. The quantitative estimate of drug-likeness (QED) is 0.597. The van der Waals surface area contributed by atoms with Crippen LogP contribution in [0, 0.1) is 6.92 Å². The number of benzene rings is 2. The summed E-state index contributed by atoms with van der Waals surface area (Å²) in [4.78, 5) is 17.3. The predicted molar refractivity (Wildman–Crippen MR) is 120 cm³/mol. The lowest BCUT2D eigenvalue weighted by atomic mass is 9.99. The molecule has 0 bridgehead atoms. The van der Waals surface area contributed by atoms with Gasteiger partial charge in [0.25, 0.3) is 0 Å². The molecule has 30 heavy (non-hydrogen) atoms. The van der Waals surface area contributed by atoms with Gasteiger partial charge in [0.2, 0.25) is 0 Å². The molecule has 0 aliphatic carbocycles. The van der Waals surface area contributed by atoms with Gasteiger partial charge in [0.1, 0.15) is 0 Å². The fourth-order valence-corrected chi connectivity index (χ4v) is 4.82. The summed E-state index contributed by atoms with van der Waals surface area (Å²) in [5.41, 5.74) is 13.3. The third-order valence-corrected chi connectivity index (χ3v) is 6.37. The van der Waals surface area contributed by atoms with Gasteiger partial charge >= 0.3 is 5.97 Å². The Morgan fingerprint density at radius 1 is 1.20 bits per heavy atom. The molecule has 6 heteroatoms. The minimum Gasteiger partial charge on any atom is -0.465 e. The third-order valence-electron chi connectivity index (χ3n) is 6.37. The molecule has 0 unspecified atom stereocenters. The summed E-state index contributed by atoms with van der Waals surface area (Å²) in [6.07, 6.45) is 1.98. The van der Waals surface area contributed by atoms with Gasteiger partial charge in [-0.05, 0) is 67.6 Å². The van der Waals surface area contributed by atoms with Crippen molar-refractivity contribution in [3.8, 4) is 0 Å². The van der Waals surface area contributed by atoms with Crippen LogP contribution < -0.4 is 15.5 Å². The number of methoxy groups -OCH3 is 1. The van der Waals surface area contributed by atoms with Crippen LogP contribution in [0.3, 0.4) is 0 Å². The first-order valence-electron chi connectivity index (χ1n) is 10.7. The summed E-state index contributed by atoms with van der Waals surface area (Å²) >= 11 is 0. The van der Waals surface area contributed by atoms with Crippen LogP contribution in [-0.2, 0) is 22.6 Å². The second kappa shape index (κ2) is 8.56. The van der Waals surface area contributed by atoms with Crippen LogP contribution in [0.15, 0.2) is 30.3 Å². The first kappa shape index (κ1) is 20.5. The van der Waals surface area contributed by atoms with E-state index in [9.17, 15) is 4.79 Å². The van der Waals surface area contributed by atoms with Crippen molar-refractivity contribution in [1.29, 1.82) is 0 Å². The lowest BCUT2D eigenvalue weighted by molar-refractivity contribution is 0.0599. The van der Waals surface area contributed by atoms with Crippen LogP contribution in [0.5, 0.6) is 0 Å². The Balaban J connectivity index is 1.78. The standard InChI is InChI=1S/C24H31N3O3/c1-4-27(20-9-11-30-12-10-20)23-16(2)21(24(28)29-3)7-8-22(23)26-14-17-5-6-19(25)13-18(17)15-26/h5-8,13,20H,4,9-12,14-15,25H2,1-3H3. The van der Waals surface area contributed by atoms with Gasteiger partial charge in [0, 0.05) is 44.6 Å². The van der Waals surface area contributed by atoms with E-state index in [1.54, 1.807) is 0 Å². The van der Waals surface area contributed by atoms with Crippen LogP contribution in [0.1, 0.15) is 46.8 Å². The van der Waals surface area contributed by atoms with E-state index < -0.39 is 0 Å². The number of nitrogens with two attached hydrogens (primary N) is 1. The highest BCUT2D eigenvalue weighted by molar-refractivity contribution is 5.95. The molecule has 2 aliphatic heterocycles. The van der Waals surface area contributed by atoms with Gasteiger partial charge in [-0.25, -0.2) is 4.79 Å². The number of carbonyl (C=O) groups is 1. The molecule has 0 saturated carbocycles. The van der Waals surface area contributed by atoms with Gasteiger partial charge in [-0.15, -0.1) is 0 Å². The summed E-state index contributed by atoms with van der Waals surface area (Å²) in [6.45, 7) is 8.30. The van der Waals surface area contributed by atoms with E-state index >= 15 is 0 Å². The molecule has 160 valence electrons. The minimum atomic E-state index is -0.291. The number of fused-ring (bicyclic) bond motifs is 1. The van der Waals surface area contributed by atoms with E-state index in [0.29, 0.717) is 11.6 Å². The number of rotatable bonds is 5. The zero-order valence-electron chi connectivity index (χ0n) is 18.1. The Bertz CT molecular complexity index is 938. The van der Waals surface area contributed by atoms with E-state index in [4.69, 9.17) is 15.2 Å². The molecule has 0 amide bonds. The van der Waals surface area contributed by atoms with E-state index in [0.717, 1.165) is 68.3 Å². The fraction of sp³-hybridized carbons (Fsp3) is 0.458. The number of ether oxygens (including phenoxy) is 2. The second-order valence-electron chi connectivity index (χ2n) is 8.11. The summed E-state index contributed by atoms with van der Waals surface area (Å²) in [5, 5.41) is 0. The Hall–Kier alpha value is -2.73. The van der Waals surface area contributed by atoms with Crippen molar-refractivity contribution in [2.45, 2.75) is 45.8 Å². The molecule has 0 aromatic heterocycles. The van der Waals surface area contributed by atoms with Crippen molar-refractivity contribution < 1.29 is 14.3 Å². The van der Waals surface area contributed by atoms with Gasteiger partial charge in [-0.3, -0.25) is 0 Å². The molecule has 6 nitrogen and oxygen atoms in total. The van der Waals surface area contributed by atoms with E-state index in [1.165, 1.54) is 18.2 Å². The Kier molecular flexibility index (Phi) is 5.86. The molecular weight excluding hydrogens is 378 g/mol. The average molecular weight is 410 g/mol. The zero-order valence-corrected chi connectivity index (χ0v) is 18.1. The largest absolute Gasteiger partial charge is 0.465 e. The lowest BCUT2D eigenvalue weighted by Crippen LogP contribution is -2.40. The molecule has 1 fully saturated rings. The van der Waals surface area contributed by atoms with Crippen molar-refractivity contribution in [2.24, 2.45) is 0 Å². The summed E-state index contributed by atoms with van der Waals surface area (Å²) in [5.74, 6) is -0.291. The zero-order chi connectivity index (χ0) is 21.3. The Morgan fingerprint density at radius 3 is 2.63 bits per heavy atom. The van der Waals surface area contributed by atoms with Crippen LogP contribution >= 0.6 is 0 Å². The van der Waals surface area contributed by atoms with E-state index in [1.807, 2.05) is 19.1 Å². The average Bonchev–Trinajstić information content (AvgIpc) is 3.18. The summed E-state index contributed by atoms with van der Waals surface area (Å²) in [7, 11) is 1.44. The number of anilines is 3. The Morgan fingerprint density at radius 2 is 1.93 bits per heavy atom. The highest BCUT2D eigenvalue weighted by atomic mass is 16.5. The van der Waals surface area contributed by atoms with Crippen molar-refractivity contribution in [3.05, 3.63) is 52.6 Å². The lowest BCUT2D eigenvalue weighted by Gasteiger charge is -2.39. The molecule has 0 radical (unpaired) electrons. The third kappa shape index (κ3) is 3.72. The molecule has 2 aliphatic rings. The highest BCUT2D eigenvalue weighted by Crippen LogP contribution is 2.41. The number of hydrogen-bond acceptors (Lipinski definition) is 6. The van der Waals surface area contributed by atoms with E-state index in [2.05, 4.69) is 34.9 Å². The molecule has 2 heterocycles. The first-order chi connectivity index (χ1) is 14.5. The molecular formula is C24H31N3O3. The number of carbonyl (C=O) groups excluding carboxylic acids is 1. The summed E-state index contributed by atoms with van der Waals surface area (Å²) < 4.78 is 10.7. The molecule has 1 saturated heterocycles. The molecule has 2 aromatic carbocycles. The van der Waals surface area contributed by atoms with Crippen molar-refractivity contribution in [1.82, 2.24) is 0 Å². The van der Waals surface area contributed by atoms with E-state index in [-0.39, 0.29) is 5.97 Å². The SMILES string of the molecule is CCN(c1c(N2Cc3ccc(N)cc3C2)ccc(C(=O)OC)c1C)C1CCOCC1. The number of hydrogen-bond donors (Lipinski definition) is 1. The topological polar surface area (TPSA) is 68.0 Å². The highest BCUT2D eigenvalue weighted by Gasteiger charge is 2.30. The smallest absolute Gasteiger partial charge is 0.338 e. The van der Waals surface area contributed by atoms with Crippen LogP contribution in [0.4, 0.5) is 17.1 Å². The van der Waals surface area contributed by atoms with Gasteiger partial charge < -0.3 is 25.0 Å². The second-order valence-corrected chi connectivity index (χ2v) is 8.11. The Labute approximate surface area is 178 Å². The molecule has 0 spiro atoms. The predicted octanol–water partition coefficient (Wildman–Crippen LogP) is 3.89. The van der Waals surface area contributed by atoms with Gasteiger partial charge in [-0.1, -0.05) is 6.07 Å². The first-order valence-corrected chi connectivity index (χ1v) is 10.7. The molecule has 4 rings (SSSR count).